The van der Waals surface area contributed by atoms with Crippen LogP contribution in [-0.4, -0.2) is 207 Å². The van der Waals surface area contributed by atoms with E-state index in [1.807, 2.05) is 25.4 Å². The van der Waals surface area contributed by atoms with E-state index in [1.165, 1.54) is 0 Å². The molecule has 5 N–H and O–H groups in total. The van der Waals surface area contributed by atoms with Gasteiger partial charge in [0.05, 0.1) is 65.1 Å². The van der Waals surface area contributed by atoms with Gasteiger partial charge in [0.1, 0.15) is 6.61 Å². The summed E-state index contributed by atoms with van der Waals surface area (Å²) in [6.07, 6.45) is 7.15. The molecule has 0 aromatic heterocycles. The van der Waals surface area contributed by atoms with Crippen LogP contribution < -0.4 is 10.6 Å². The van der Waals surface area contributed by atoms with Crippen LogP contribution in [0.5, 0.6) is 0 Å². The maximum atomic E-state index is 13.1. The van der Waals surface area contributed by atoms with Crippen LogP contribution in [0.2, 0.25) is 0 Å². The summed E-state index contributed by atoms with van der Waals surface area (Å²) < 4.78 is 29.0. The van der Waals surface area contributed by atoms with E-state index in [4.69, 9.17) is 23.5 Å². The minimum Gasteiger partial charge on any atom is -0.480 e. The lowest BCUT2D eigenvalue weighted by Gasteiger charge is -2.33. The molecule has 0 saturated carbocycles. The number of amides is 2. The maximum Gasteiger partial charge on any atom is 0.407 e. The molecule has 3 unspecified atom stereocenters. The van der Waals surface area contributed by atoms with Crippen molar-refractivity contribution in [3.63, 3.8) is 0 Å². The van der Waals surface area contributed by atoms with Gasteiger partial charge in [-0.2, -0.15) is 0 Å². The fourth-order valence-electron chi connectivity index (χ4n) is 6.20. The molecule has 19 nitrogen and oxygen atoms in total. The molecule has 2 amide bonds. The van der Waals surface area contributed by atoms with Gasteiger partial charge in [-0.05, 0) is 46.2 Å². The van der Waals surface area contributed by atoms with E-state index in [1.54, 1.807) is 14.7 Å². The lowest BCUT2D eigenvalue weighted by Crippen LogP contribution is -2.50. The Kier molecular flexibility index (Phi) is 20.7. The fourth-order valence-corrected chi connectivity index (χ4v) is 7.21. The predicted octanol–water partition coefficient (Wildman–Crippen LogP) is 0.341. The molecule has 2 fully saturated rings. The molecule has 314 valence electrons. The Morgan fingerprint density at radius 1 is 0.745 bits per heavy atom. The van der Waals surface area contributed by atoms with Gasteiger partial charge in [-0.25, -0.2) is 4.79 Å². The molecule has 3 rings (SSSR count). The molecule has 55 heavy (non-hydrogen) atoms. The van der Waals surface area contributed by atoms with Crippen LogP contribution in [0.25, 0.3) is 0 Å². The Bertz CT molecular complexity index is 1210. The van der Waals surface area contributed by atoms with Crippen molar-refractivity contribution in [1.82, 2.24) is 30.2 Å². The van der Waals surface area contributed by atoms with Gasteiger partial charge in [0.2, 0.25) is 5.91 Å². The highest BCUT2D eigenvalue weighted by Gasteiger charge is 2.36. The van der Waals surface area contributed by atoms with Crippen molar-refractivity contribution in [2.75, 3.05) is 118 Å². The summed E-state index contributed by atoms with van der Waals surface area (Å²) in [6, 6.07) is 0. The van der Waals surface area contributed by atoms with Crippen LogP contribution in [0, 0.1) is 0 Å². The SMILES string of the molecule is CP(COC(C)(C)CNC(=O)CN1CCN(CC(=O)O)CCN(CC(=O)O)CCN(CC(=O)O)CC1)OCCNC(=O)OCC1OC2CC/C=C/CCC2O1. The molecule has 0 bridgehead atoms. The Balaban J connectivity index is 1.36. The van der Waals surface area contributed by atoms with Gasteiger partial charge >= 0.3 is 24.0 Å². The van der Waals surface area contributed by atoms with E-state index in [0.717, 1.165) is 25.7 Å². The fraction of sp³-hybridized carbons (Fsp3) is 0.800. The van der Waals surface area contributed by atoms with Crippen LogP contribution in [0.1, 0.15) is 39.5 Å². The number of nitrogens with zero attached hydrogens (tertiary/aromatic N) is 4. The van der Waals surface area contributed by atoms with E-state index in [9.17, 15) is 39.3 Å². The van der Waals surface area contributed by atoms with Crippen LogP contribution in [-0.2, 0) is 42.6 Å². The standard InChI is InChI=1S/C35H61N6O13P/c1-35(2,51-26-55(3)52-19-10-36-34(49)50-24-33-53-27-8-6-4-5-7-9-28(27)54-33)25-37-29(42)20-38-11-13-39(21-30(43)44)15-17-41(23-32(47)48)18-16-40(14-12-38)22-31(45)46/h4-5,27-28,33H,6-26H2,1-3H3,(H,36,49)(H,37,42)(H,43,44)(H,45,46)(H,47,48)/b5-4+. The largest absolute Gasteiger partial charge is 0.480 e. The minimum atomic E-state index is -1.03. The van der Waals surface area contributed by atoms with Crippen LogP contribution >= 0.6 is 8.15 Å². The van der Waals surface area contributed by atoms with Crippen LogP contribution in [0.4, 0.5) is 4.79 Å². The van der Waals surface area contributed by atoms with Crippen molar-refractivity contribution in [2.45, 2.75) is 63.6 Å². The number of allylic oxidation sites excluding steroid dienone is 2. The van der Waals surface area contributed by atoms with E-state index < -0.39 is 44.0 Å². The minimum absolute atomic E-state index is 0.00152. The van der Waals surface area contributed by atoms with E-state index in [-0.39, 0.29) is 70.6 Å². The lowest BCUT2D eigenvalue weighted by molar-refractivity contribution is -0.140. The van der Waals surface area contributed by atoms with Gasteiger partial charge in [-0.15, -0.1) is 0 Å². The first-order valence-corrected chi connectivity index (χ1v) is 20.7. The average molecular weight is 805 g/mol. The molecule has 0 aromatic carbocycles. The lowest BCUT2D eigenvalue weighted by atomic mass is 10.0. The number of alkyl carbamates (subject to hydrolysis) is 1. The third-order valence-electron chi connectivity index (χ3n) is 9.23. The summed E-state index contributed by atoms with van der Waals surface area (Å²) in [5.41, 5.74) is -0.728. The molecule has 0 aromatic rings. The number of carbonyl (C=O) groups excluding carboxylic acids is 2. The summed E-state index contributed by atoms with van der Waals surface area (Å²) in [5, 5.41) is 33.8. The second-order valence-corrected chi connectivity index (χ2v) is 16.3. The Morgan fingerprint density at radius 3 is 1.65 bits per heavy atom. The Hall–Kier alpha value is -3.00. The molecule has 2 heterocycles. The number of hydrogen-bond donors (Lipinski definition) is 5. The van der Waals surface area contributed by atoms with Gasteiger partial charge in [0.25, 0.3) is 0 Å². The summed E-state index contributed by atoms with van der Waals surface area (Å²) in [5.74, 6) is -3.33. The van der Waals surface area contributed by atoms with Gasteiger partial charge < -0.3 is 49.4 Å². The molecule has 0 spiro atoms. The summed E-state index contributed by atoms with van der Waals surface area (Å²) >= 11 is 0. The third kappa shape index (κ3) is 20.1. The van der Waals surface area contributed by atoms with Crippen LogP contribution in [0.15, 0.2) is 12.2 Å². The topological polar surface area (TPSA) is 229 Å². The Morgan fingerprint density at radius 2 is 1.20 bits per heavy atom. The predicted molar refractivity (Wildman–Crippen MR) is 201 cm³/mol. The zero-order valence-electron chi connectivity index (χ0n) is 32.4. The summed E-state index contributed by atoms with van der Waals surface area (Å²) in [7, 11) is -0.992. The normalized spacial score (nSPS) is 23.9. The van der Waals surface area contributed by atoms with Crippen molar-refractivity contribution in [3.8, 4) is 0 Å². The monoisotopic (exact) mass is 804 g/mol. The van der Waals surface area contributed by atoms with Crippen molar-refractivity contribution in [1.29, 1.82) is 0 Å². The second-order valence-electron chi connectivity index (χ2n) is 14.5. The first-order chi connectivity index (χ1) is 26.2. The molecular weight excluding hydrogens is 743 g/mol. The number of carboxylic acids is 3. The van der Waals surface area contributed by atoms with E-state index >= 15 is 0 Å². The first kappa shape index (κ1) is 46.4. The molecule has 3 aliphatic rings. The quantitative estimate of drug-likeness (QED) is 0.0674. The summed E-state index contributed by atoms with van der Waals surface area (Å²) in [4.78, 5) is 66.7. The molecular formula is C35H61N6O13P. The highest BCUT2D eigenvalue weighted by atomic mass is 31.1. The number of fused-ring (bicyclic) bond motifs is 1. The summed E-state index contributed by atoms with van der Waals surface area (Å²) in [6.45, 7) is 8.07. The van der Waals surface area contributed by atoms with Crippen LogP contribution in [0.3, 0.4) is 0 Å². The van der Waals surface area contributed by atoms with Crippen molar-refractivity contribution < 1.29 is 62.8 Å². The van der Waals surface area contributed by atoms with Crippen molar-refractivity contribution >= 4 is 38.1 Å². The number of ether oxygens (including phenoxy) is 4. The van der Waals surface area contributed by atoms with Crippen molar-refractivity contribution in [3.05, 3.63) is 12.2 Å². The maximum absolute atomic E-state index is 13.1. The smallest absolute Gasteiger partial charge is 0.407 e. The molecule has 2 aliphatic heterocycles. The van der Waals surface area contributed by atoms with E-state index in [2.05, 4.69) is 22.8 Å². The molecule has 2 saturated heterocycles. The first-order valence-electron chi connectivity index (χ1n) is 18.8. The number of nitrogens with one attached hydrogen (secondary N) is 2. The zero-order chi connectivity index (χ0) is 40.2. The Labute approximate surface area is 324 Å². The molecule has 0 radical (unpaired) electrons. The number of aliphatic carboxylic acids is 3. The number of carboxylic acid groups (broad SMARTS) is 3. The van der Waals surface area contributed by atoms with Gasteiger partial charge in [0.15, 0.2) is 6.29 Å². The molecule has 3 atom stereocenters. The van der Waals surface area contributed by atoms with Gasteiger partial charge in [-0.1, -0.05) is 12.2 Å². The van der Waals surface area contributed by atoms with E-state index in [0.29, 0.717) is 58.7 Å². The molecule has 1 aliphatic carbocycles. The number of carbonyl (C=O) groups is 5. The van der Waals surface area contributed by atoms with Gasteiger partial charge in [-0.3, -0.25) is 38.8 Å². The average Bonchev–Trinajstić information content (AvgIpc) is 3.48. The van der Waals surface area contributed by atoms with Crippen molar-refractivity contribution in [2.24, 2.45) is 0 Å². The molecule has 20 heteroatoms. The number of hydrogen-bond acceptors (Lipinski definition) is 14. The number of rotatable bonds is 19. The highest BCUT2D eigenvalue weighted by molar-refractivity contribution is 7.51. The third-order valence-corrected chi connectivity index (χ3v) is 10.3. The van der Waals surface area contributed by atoms with Gasteiger partial charge in [0, 0.05) is 65.4 Å². The zero-order valence-corrected chi connectivity index (χ0v) is 33.3. The second kappa shape index (κ2) is 24.6. The highest BCUT2D eigenvalue weighted by Crippen LogP contribution is 2.33.